The first-order valence-corrected chi connectivity index (χ1v) is 11.5. The number of carboxylic acids is 1. The van der Waals surface area contributed by atoms with Gasteiger partial charge in [-0.3, -0.25) is 4.79 Å². The molecule has 0 aliphatic rings. The van der Waals surface area contributed by atoms with E-state index in [1.54, 1.807) is 12.4 Å². The Bertz CT molecular complexity index is 732. The molecule has 2 rings (SSSR count). The van der Waals surface area contributed by atoms with Gasteiger partial charge in [0, 0.05) is 25.2 Å². The van der Waals surface area contributed by atoms with Crippen LogP contribution in [0.1, 0.15) is 70.3 Å². The summed E-state index contributed by atoms with van der Waals surface area (Å²) < 4.78 is 11.3. The fourth-order valence-electron chi connectivity index (χ4n) is 3.16. The van der Waals surface area contributed by atoms with Crippen LogP contribution in [-0.2, 0) is 16.0 Å². The lowest BCUT2D eigenvalue weighted by molar-refractivity contribution is -0.137. The van der Waals surface area contributed by atoms with Crippen LogP contribution in [0.2, 0.25) is 0 Å². The summed E-state index contributed by atoms with van der Waals surface area (Å²) in [6.07, 6.45) is 12.8. The van der Waals surface area contributed by atoms with Crippen LogP contribution in [0.3, 0.4) is 0 Å². The molecule has 1 N–H and O–H groups in total. The highest BCUT2D eigenvalue weighted by Crippen LogP contribution is 2.18. The van der Waals surface area contributed by atoms with Crippen molar-refractivity contribution in [2.24, 2.45) is 0 Å². The predicted octanol–water partition coefficient (Wildman–Crippen LogP) is 5.70. The van der Waals surface area contributed by atoms with Crippen molar-refractivity contribution in [1.29, 1.82) is 0 Å². The summed E-state index contributed by atoms with van der Waals surface area (Å²) in [5, 5.41) is 8.65. The van der Waals surface area contributed by atoms with Gasteiger partial charge in [-0.2, -0.15) is 0 Å². The van der Waals surface area contributed by atoms with Crippen molar-refractivity contribution in [1.82, 2.24) is 9.97 Å². The van der Waals surface area contributed by atoms with Crippen LogP contribution >= 0.6 is 0 Å². The van der Waals surface area contributed by atoms with Gasteiger partial charge in [-0.25, -0.2) is 9.97 Å². The lowest BCUT2D eigenvalue weighted by atomic mass is 10.0. The summed E-state index contributed by atoms with van der Waals surface area (Å²) in [5.74, 6) is 0.674. The average Bonchev–Trinajstić information content (AvgIpc) is 2.78. The summed E-state index contributed by atoms with van der Waals surface area (Å²) in [6.45, 7) is 4.45. The molecule has 31 heavy (non-hydrogen) atoms. The van der Waals surface area contributed by atoms with E-state index >= 15 is 0 Å². The minimum Gasteiger partial charge on any atom is -0.490 e. The predicted molar refractivity (Wildman–Crippen MR) is 122 cm³/mol. The molecule has 170 valence electrons. The molecule has 0 aliphatic carbocycles. The normalized spacial score (nSPS) is 10.9. The SMILES string of the molecule is CCCCOCCCCOc1cnc(-c2ccc(CCCCCCC(=O)O)cc2)nc1. The number of aromatic nitrogens is 2. The summed E-state index contributed by atoms with van der Waals surface area (Å²) in [6, 6.07) is 8.33. The summed E-state index contributed by atoms with van der Waals surface area (Å²) in [5.41, 5.74) is 2.27. The monoisotopic (exact) mass is 428 g/mol. The van der Waals surface area contributed by atoms with Crippen molar-refractivity contribution >= 4 is 5.97 Å². The number of aliphatic carboxylic acids is 1. The van der Waals surface area contributed by atoms with Crippen molar-refractivity contribution in [2.75, 3.05) is 19.8 Å². The van der Waals surface area contributed by atoms with Gasteiger partial charge in [0.2, 0.25) is 0 Å². The van der Waals surface area contributed by atoms with E-state index in [0.29, 0.717) is 18.2 Å². The Morgan fingerprint density at radius 2 is 1.55 bits per heavy atom. The Labute approximate surface area is 186 Å². The molecule has 0 atom stereocenters. The Morgan fingerprint density at radius 1 is 0.871 bits per heavy atom. The molecule has 0 spiro atoms. The molecule has 0 unspecified atom stereocenters. The number of ether oxygens (including phenoxy) is 2. The van der Waals surface area contributed by atoms with E-state index in [4.69, 9.17) is 14.6 Å². The molecule has 2 aromatic rings. The van der Waals surface area contributed by atoms with Crippen LogP contribution in [0.15, 0.2) is 36.7 Å². The van der Waals surface area contributed by atoms with Gasteiger partial charge in [-0.05, 0) is 44.1 Å². The minimum atomic E-state index is -0.708. The van der Waals surface area contributed by atoms with E-state index in [1.165, 1.54) is 12.0 Å². The molecular formula is C25H36N2O4. The van der Waals surface area contributed by atoms with E-state index in [0.717, 1.165) is 70.1 Å². The molecule has 0 aliphatic heterocycles. The van der Waals surface area contributed by atoms with Crippen LogP contribution in [0.4, 0.5) is 0 Å². The van der Waals surface area contributed by atoms with Gasteiger partial charge in [0.1, 0.15) is 0 Å². The molecular weight excluding hydrogens is 392 g/mol. The second-order valence-corrected chi connectivity index (χ2v) is 7.77. The molecule has 6 nitrogen and oxygen atoms in total. The number of benzene rings is 1. The topological polar surface area (TPSA) is 81.5 Å². The largest absolute Gasteiger partial charge is 0.490 e. The number of carbonyl (C=O) groups is 1. The van der Waals surface area contributed by atoms with Crippen LogP contribution in [0.25, 0.3) is 11.4 Å². The maximum absolute atomic E-state index is 10.5. The number of unbranched alkanes of at least 4 members (excludes halogenated alkanes) is 5. The van der Waals surface area contributed by atoms with Gasteiger partial charge in [0.15, 0.2) is 11.6 Å². The van der Waals surface area contributed by atoms with Gasteiger partial charge in [0.25, 0.3) is 0 Å². The zero-order chi connectivity index (χ0) is 22.2. The summed E-state index contributed by atoms with van der Waals surface area (Å²) >= 11 is 0. The van der Waals surface area contributed by atoms with Gasteiger partial charge in [0.05, 0.1) is 19.0 Å². The highest BCUT2D eigenvalue weighted by atomic mass is 16.5. The smallest absolute Gasteiger partial charge is 0.303 e. The lowest BCUT2D eigenvalue weighted by Crippen LogP contribution is -2.02. The number of hydrogen-bond donors (Lipinski definition) is 1. The molecule has 0 bridgehead atoms. The summed E-state index contributed by atoms with van der Waals surface area (Å²) in [7, 11) is 0. The van der Waals surface area contributed by atoms with Gasteiger partial charge >= 0.3 is 5.97 Å². The molecule has 0 radical (unpaired) electrons. The van der Waals surface area contributed by atoms with E-state index in [1.807, 2.05) is 12.1 Å². The van der Waals surface area contributed by atoms with Crippen LogP contribution in [-0.4, -0.2) is 40.9 Å². The fraction of sp³-hybridized carbons (Fsp3) is 0.560. The van der Waals surface area contributed by atoms with Gasteiger partial charge < -0.3 is 14.6 Å². The first-order valence-electron chi connectivity index (χ1n) is 11.5. The average molecular weight is 429 g/mol. The molecule has 0 fully saturated rings. The lowest BCUT2D eigenvalue weighted by Gasteiger charge is -2.07. The number of rotatable bonds is 17. The van der Waals surface area contributed by atoms with Crippen molar-refractivity contribution in [3.8, 4) is 17.1 Å². The van der Waals surface area contributed by atoms with E-state index in [-0.39, 0.29) is 6.42 Å². The van der Waals surface area contributed by atoms with Crippen molar-refractivity contribution in [2.45, 2.75) is 71.1 Å². The maximum Gasteiger partial charge on any atom is 0.303 e. The second-order valence-electron chi connectivity index (χ2n) is 7.77. The van der Waals surface area contributed by atoms with Crippen LogP contribution in [0.5, 0.6) is 5.75 Å². The number of carboxylic acid groups (broad SMARTS) is 1. The standard InChI is InChI=1S/C25H36N2O4/c1-2-3-16-30-17-8-9-18-31-23-19-26-25(27-20-23)22-14-12-21(13-15-22)10-6-4-5-7-11-24(28)29/h12-15,19-20H,2-11,16-18H2,1H3,(H,28,29). The van der Waals surface area contributed by atoms with Gasteiger partial charge in [-0.15, -0.1) is 0 Å². The van der Waals surface area contributed by atoms with E-state index in [2.05, 4.69) is 29.0 Å². The third-order valence-electron chi connectivity index (χ3n) is 5.04. The fourth-order valence-corrected chi connectivity index (χ4v) is 3.16. The zero-order valence-electron chi connectivity index (χ0n) is 18.7. The van der Waals surface area contributed by atoms with Crippen LogP contribution < -0.4 is 4.74 Å². The zero-order valence-corrected chi connectivity index (χ0v) is 18.7. The van der Waals surface area contributed by atoms with Gasteiger partial charge in [-0.1, -0.05) is 50.5 Å². The molecule has 6 heteroatoms. The third kappa shape index (κ3) is 10.9. The summed E-state index contributed by atoms with van der Waals surface area (Å²) in [4.78, 5) is 19.4. The Morgan fingerprint density at radius 3 is 2.26 bits per heavy atom. The Kier molecular flexibility index (Phi) is 12.3. The molecule has 0 saturated carbocycles. The van der Waals surface area contributed by atoms with Crippen molar-refractivity contribution < 1.29 is 19.4 Å². The molecule has 0 amide bonds. The molecule has 0 saturated heterocycles. The van der Waals surface area contributed by atoms with Crippen molar-refractivity contribution in [3.63, 3.8) is 0 Å². The first-order chi connectivity index (χ1) is 15.2. The van der Waals surface area contributed by atoms with E-state index in [9.17, 15) is 4.79 Å². The number of aryl methyl sites for hydroxylation is 1. The Balaban J connectivity index is 1.64. The Hall–Kier alpha value is -2.47. The number of hydrogen-bond acceptors (Lipinski definition) is 5. The molecule has 1 aromatic heterocycles. The van der Waals surface area contributed by atoms with E-state index < -0.39 is 5.97 Å². The number of nitrogens with zero attached hydrogens (tertiary/aromatic N) is 2. The molecule has 1 aromatic carbocycles. The van der Waals surface area contributed by atoms with Crippen molar-refractivity contribution in [3.05, 3.63) is 42.2 Å². The third-order valence-corrected chi connectivity index (χ3v) is 5.04. The highest BCUT2D eigenvalue weighted by molar-refractivity contribution is 5.66. The quantitative estimate of drug-likeness (QED) is 0.326. The minimum absolute atomic E-state index is 0.270. The maximum atomic E-state index is 10.5. The molecule has 1 heterocycles. The first kappa shape index (κ1) is 24.8. The van der Waals surface area contributed by atoms with Crippen LogP contribution in [0, 0.1) is 0 Å². The second kappa shape index (κ2) is 15.3. The highest BCUT2D eigenvalue weighted by Gasteiger charge is 2.03.